The Labute approximate surface area is 167 Å². The number of nitrogens with zero attached hydrogens (tertiary/aromatic N) is 1. The van der Waals surface area contributed by atoms with Crippen LogP contribution >= 0.6 is 0 Å². The van der Waals surface area contributed by atoms with E-state index in [1.165, 1.54) is 19.1 Å². The minimum atomic E-state index is -4.36. The fourth-order valence-electron chi connectivity index (χ4n) is 2.99. The number of unbranched alkanes of at least 4 members (excludes halogenated alkanes) is 1. The molecule has 1 saturated heterocycles. The zero-order valence-corrected chi connectivity index (χ0v) is 16.7. The topological polar surface area (TPSA) is 77.4 Å². The SMILES string of the molecule is CC(=NOCCCCC1COC(C)(C(=O)O)OC1C)c1ccc(C(F)(F)F)cc1. The summed E-state index contributed by atoms with van der Waals surface area (Å²) in [7, 11) is 0. The number of ether oxygens (including phenoxy) is 2. The first-order valence-corrected chi connectivity index (χ1v) is 9.42. The molecule has 1 heterocycles. The molecule has 0 bridgehead atoms. The quantitative estimate of drug-likeness (QED) is 0.384. The van der Waals surface area contributed by atoms with Gasteiger partial charge in [-0.25, -0.2) is 4.79 Å². The standard InChI is InChI=1S/C20H26F3NO5/c1-13(15-7-9-17(10-8-15)20(21,22)23)24-28-11-5-4-6-16-12-27-19(3,18(25)26)29-14(16)2/h7-10,14,16H,4-6,11-12H2,1-3H3,(H,25,26). The van der Waals surface area contributed by atoms with Crippen LogP contribution in [0, 0.1) is 5.92 Å². The van der Waals surface area contributed by atoms with E-state index in [-0.39, 0.29) is 12.0 Å². The summed E-state index contributed by atoms with van der Waals surface area (Å²) in [6, 6.07) is 4.75. The number of carbonyl (C=O) groups is 1. The van der Waals surface area contributed by atoms with Gasteiger partial charge >= 0.3 is 12.1 Å². The number of benzene rings is 1. The highest BCUT2D eigenvalue weighted by molar-refractivity contribution is 5.98. The van der Waals surface area contributed by atoms with E-state index in [1.807, 2.05) is 6.92 Å². The van der Waals surface area contributed by atoms with Gasteiger partial charge in [0.2, 0.25) is 0 Å². The monoisotopic (exact) mass is 417 g/mol. The molecule has 0 aliphatic carbocycles. The maximum atomic E-state index is 12.6. The highest BCUT2D eigenvalue weighted by Gasteiger charge is 2.43. The first-order chi connectivity index (χ1) is 13.5. The summed E-state index contributed by atoms with van der Waals surface area (Å²) in [5.41, 5.74) is 0.350. The van der Waals surface area contributed by atoms with Crippen LogP contribution in [0.2, 0.25) is 0 Å². The first-order valence-electron chi connectivity index (χ1n) is 9.42. The van der Waals surface area contributed by atoms with Crippen molar-refractivity contribution in [3.8, 4) is 0 Å². The molecule has 0 saturated carbocycles. The zero-order valence-electron chi connectivity index (χ0n) is 16.7. The summed E-state index contributed by atoms with van der Waals surface area (Å²) >= 11 is 0. The van der Waals surface area contributed by atoms with Gasteiger partial charge < -0.3 is 19.4 Å². The number of hydrogen-bond donors (Lipinski definition) is 1. The lowest BCUT2D eigenvalue weighted by atomic mass is 9.96. The molecule has 9 heteroatoms. The van der Waals surface area contributed by atoms with Crippen LogP contribution in [-0.2, 0) is 25.3 Å². The highest BCUT2D eigenvalue weighted by atomic mass is 19.4. The molecule has 1 aliphatic rings. The average molecular weight is 417 g/mol. The van der Waals surface area contributed by atoms with Crippen molar-refractivity contribution in [1.29, 1.82) is 0 Å². The predicted octanol–water partition coefficient (Wildman–Crippen LogP) is 4.47. The maximum Gasteiger partial charge on any atom is 0.416 e. The molecular formula is C20H26F3NO5. The van der Waals surface area contributed by atoms with Crippen molar-refractivity contribution in [2.24, 2.45) is 11.1 Å². The van der Waals surface area contributed by atoms with E-state index < -0.39 is 23.5 Å². The molecule has 3 unspecified atom stereocenters. The summed E-state index contributed by atoms with van der Waals surface area (Å²) in [6.07, 6.45) is -2.26. The lowest BCUT2D eigenvalue weighted by molar-refractivity contribution is -0.292. The van der Waals surface area contributed by atoms with Crippen LogP contribution in [0.1, 0.15) is 51.2 Å². The van der Waals surface area contributed by atoms with Crippen molar-refractivity contribution in [2.45, 2.75) is 58.1 Å². The van der Waals surface area contributed by atoms with Crippen LogP contribution in [-0.4, -0.2) is 41.9 Å². The summed E-state index contributed by atoms with van der Waals surface area (Å²) in [5.74, 6) is -2.64. The second-order valence-electron chi connectivity index (χ2n) is 7.23. The zero-order chi connectivity index (χ0) is 21.7. The number of rotatable bonds is 8. The first kappa shape index (κ1) is 23.2. The molecule has 2 rings (SSSR count). The van der Waals surface area contributed by atoms with Gasteiger partial charge in [-0.1, -0.05) is 17.3 Å². The lowest BCUT2D eigenvalue weighted by Crippen LogP contribution is -2.51. The second-order valence-corrected chi connectivity index (χ2v) is 7.23. The van der Waals surface area contributed by atoms with E-state index in [2.05, 4.69) is 5.16 Å². The van der Waals surface area contributed by atoms with Gasteiger partial charge in [-0.15, -0.1) is 0 Å². The molecule has 0 amide bonds. The Morgan fingerprint density at radius 3 is 2.52 bits per heavy atom. The summed E-state index contributed by atoms with van der Waals surface area (Å²) < 4.78 is 48.6. The molecule has 1 aliphatic heterocycles. The molecule has 1 fully saturated rings. The van der Waals surface area contributed by atoms with Gasteiger partial charge in [0.05, 0.1) is 24.0 Å². The van der Waals surface area contributed by atoms with Crippen molar-refractivity contribution >= 4 is 11.7 Å². The van der Waals surface area contributed by atoms with Crippen molar-refractivity contribution in [2.75, 3.05) is 13.2 Å². The Hall–Kier alpha value is -2.13. The molecule has 29 heavy (non-hydrogen) atoms. The molecule has 1 N–H and O–H groups in total. The predicted molar refractivity (Wildman–Crippen MR) is 99.5 cm³/mol. The minimum Gasteiger partial charge on any atom is -0.477 e. The van der Waals surface area contributed by atoms with Crippen molar-refractivity contribution < 1.29 is 37.4 Å². The highest BCUT2D eigenvalue weighted by Crippen LogP contribution is 2.30. The number of carboxylic acid groups (broad SMARTS) is 1. The number of alkyl halides is 3. The Morgan fingerprint density at radius 2 is 1.97 bits per heavy atom. The third kappa shape index (κ3) is 6.43. The number of carboxylic acids is 1. The van der Waals surface area contributed by atoms with Crippen molar-refractivity contribution in [3.05, 3.63) is 35.4 Å². The Kier molecular flexibility index (Phi) is 7.65. The largest absolute Gasteiger partial charge is 0.477 e. The molecule has 0 radical (unpaired) electrons. The van der Waals surface area contributed by atoms with Crippen LogP contribution in [0.3, 0.4) is 0 Å². The summed E-state index contributed by atoms with van der Waals surface area (Å²) in [5, 5.41) is 13.1. The van der Waals surface area contributed by atoms with Gasteiger partial charge in [-0.05, 0) is 50.8 Å². The molecule has 6 nitrogen and oxygen atoms in total. The van der Waals surface area contributed by atoms with E-state index >= 15 is 0 Å². The Morgan fingerprint density at radius 1 is 1.31 bits per heavy atom. The van der Waals surface area contributed by atoms with Crippen molar-refractivity contribution in [3.63, 3.8) is 0 Å². The van der Waals surface area contributed by atoms with Gasteiger partial charge in [-0.2, -0.15) is 13.2 Å². The third-order valence-corrected chi connectivity index (χ3v) is 4.93. The van der Waals surface area contributed by atoms with Gasteiger partial charge in [0.25, 0.3) is 5.79 Å². The van der Waals surface area contributed by atoms with E-state index in [9.17, 15) is 18.0 Å². The number of oxime groups is 1. The van der Waals surface area contributed by atoms with Crippen LogP contribution in [0.5, 0.6) is 0 Å². The smallest absolute Gasteiger partial charge is 0.416 e. The fourth-order valence-corrected chi connectivity index (χ4v) is 2.99. The molecule has 0 spiro atoms. The van der Waals surface area contributed by atoms with Crippen LogP contribution in [0.15, 0.2) is 29.4 Å². The van der Waals surface area contributed by atoms with Gasteiger partial charge in [0, 0.05) is 12.8 Å². The van der Waals surface area contributed by atoms with Gasteiger partial charge in [-0.3, -0.25) is 0 Å². The molecule has 3 atom stereocenters. The van der Waals surface area contributed by atoms with Gasteiger partial charge in [0.1, 0.15) is 6.61 Å². The lowest BCUT2D eigenvalue weighted by Gasteiger charge is -2.39. The summed E-state index contributed by atoms with van der Waals surface area (Å²) in [6.45, 7) is 5.58. The number of hydrogen-bond acceptors (Lipinski definition) is 5. The molecule has 1 aromatic carbocycles. The van der Waals surface area contributed by atoms with Gasteiger partial charge in [0.15, 0.2) is 0 Å². The Bertz CT molecular complexity index is 720. The summed E-state index contributed by atoms with van der Waals surface area (Å²) in [4.78, 5) is 16.4. The fraction of sp³-hybridized carbons (Fsp3) is 0.600. The van der Waals surface area contributed by atoms with Crippen LogP contribution in [0.25, 0.3) is 0 Å². The second kappa shape index (κ2) is 9.58. The van der Waals surface area contributed by atoms with Crippen LogP contribution < -0.4 is 0 Å². The van der Waals surface area contributed by atoms with Crippen molar-refractivity contribution in [1.82, 2.24) is 0 Å². The van der Waals surface area contributed by atoms with E-state index in [0.29, 0.717) is 24.5 Å². The normalized spacial score (nSPS) is 25.7. The van der Waals surface area contributed by atoms with E-state index in [4.69, 9.17) is 19.4 Å². The molecule has 1 aromatic rings. The molecule has 162 valence electrons. The maximum absolute atomic E-state index is 12.6. The number of halogens is 3. The average Bonchev–Trinajstić information content (AvgIpc) is 2.65. The molecule has 0 aromatic heterocycles. The molecular weight excluding hydrogens is 391 g/mol. The van der Waals surface area contributed by atoms with E-state index in [1.54, 1.807) is 6.92 Å². The minimum absolute atomic E-state index is 0.0970. The van der Waals surface area contributed by atoms with E-state index in [0.717, 1.165) is 31.4 Å². The number of aliphatic carboxylic acids is 1. The van der Waals surface area contributed by atoms with Crippen LogP contribution in [0.4, 0.5) is 13.2 Å². The Balaban J connectivity index is 1.70. The third-order valence-electron chi connectivity index (χ3n) is 4.93.